The lowest BCUT2D eigenvalue weighted by Crippen LogP contribution is -2.14. The highest BCUT2D eigenvalue weighted by Crippen LogP contribution is 2.29. The molecule has 0 saturated heterocycles. The molecule has 1 aliphatic heterocycles. The minimum absolute atomic E-state index is 0.612. The molecule has 0 N–H and O–H groups in total. The molecule has 2 nitrogen and oxygen atoms in total. The Bertz CT molecular complexity index is 510. The van der Waals surface area contributed by atoms with Gasteiger partial charge in [-0.05, 0) is 44.4 Å². The molecular formula is C13H16N2. The molecule has 0 spiro atoms. The molecule has 2 heteroatoms. The molecule has 0 unspecified atom stereocenters. The monoisotopic (exact) mass is 200 g/mol. The Balaban J connectivity index is 2.32. The molecule has 2 aromatic rings. The molecule has 0 saturated carbocycles. The summed E-state index contributed by atoms with van der Waals surface area (Å²) >= 11 is 0. The third-order valence-corrected chi connectivity index (χ3v) is 3.38. The molecule has 1 atom stereocenters. The van der Waals surface area contributed by atoms with Crippen LogP contribution in [0.1, 0.15) is 37.2 Å². The summed E-state index contributed by atoms with van der Waals surface area (Å²) in [6.45, 7) is 4.42. The maximum atomic E-state index is 4.73. The molecule has 1 aliphatic rings. The zero-order valence-electron chi connectivity index (χ0n) is 9.33. The van der Waals surface area contributed by atoms with Crippen molar-refractivity contribution in [1.82, 2.24) is 9.55 Å². The number of hydrogen-bond donors (Lipinski definition) is 0. The van der Waals surface area contributed by atoms with Gasteiger partial charge in [0.2, 0.25) is 0 Å². The van der Waals surface area contributed by atoms with Crippen molar-refractivity contribution in [3.8, 4) is 0 Å². The van der Waals surface area contributed by atoms with E-state index in [2.05, 4.69) is 36.6 Å². The minimum Gasteiger partial charge on any atom is -0.325 e. The molecule has 78 valence electrons. The van der Waals surface area contributed by atoms with Crippen LogP contribution in [0.25, 0.3) is 11.0 Å². The van der Waals surface area contributed by atoms with Gasteiger partial charge in [0, 0.05) is 12.5 Å². The number of fused-ring (bicyclic) bond motifs is 3. The van der Waals surface area contributed by atoms with Crippen molar-refractivity contribution in [2.45, 2.75) is 39.2 Å². The Morgan fingerprint density at radius 1 is 1.40 bits per heavy atom. The molecule has 0 bridgehead atoms. The molecule has 2 heterocycles. The van der Waals surface area contributed by atoms with E-state index in [4.69, 9.17) is 4.98 Å². The van der Waals surface area contributed by atoms with Crippen LogP contribution in [0, 0.1) is 6.92 Å². The quantitative estimate of drug-likeness (QED) is 0.638. The molecule has 0 radical (unpaired) electrons. The van der Waals surface area contributed by atoms with Gasteiger partial charge in [-0.1, -0.05) is 6.07 Å². The molecule has 0 fully saturated rings. The van der Waals surface area contributed by atoms with Crippen LogP contribution in [-0.4, -0.2) is 9.55 Å². The van der Waals surface area contributed by atoms with E-state index in [0.29, 0.717) is 6.04 Å². The second-order valence-electron chi connectivity index (χ2n) is 4.63. The van der Waals surface area contributed by atoms with Gasteiger partial charge in [0.1, 0.15) is 5.82 Å². The first-order chi connectivity index (χ1) is 7.25. The fraction of sp³-hybridized carbons (Fsp3) is 0.462. The Morgan fingerprint density at radius 2 is 2.27 bits per heavy atom. The highest BCUT2D eigenvalue weighted by molar-refractivity contribution is 5.77. The average molecular weight is 200 g/mol. The van der Waals surface area contributed by atoms with Crippen LogP contribution in [0.4, 0.5) is 0 Å². The summed E-state index contributed by atoms with van der Waals surface area (Å²) < 4.78 is 2.41. The number of benzene rings is 1. The number of aromatic nitrogens is 2. The van der Waals surface area contributed by atoms with Crippen LogP contribution in [0.15, 0.2) is 18.2 Å². The topological polar surface area (TPSA) is 17.8 Å². The lowest BCUT2D eigenvalue weighted by Gasteiger charge is -2.22. The van der Waals surface area contributed by atoms with Crippen LogP contribution in [0.5, 0.6) is 0 Å². The minimum atomic E-state index is 0.612. The summed E-state index contributed by atoms with van der Waals surface area (Å²) in [5.74, 6) is 1.27. The summed E-state index contributed by atoms with van der Waals surface area (Å²) in [6, 6.07) is 7.19. The summed E-state index contributed by atoms with van der Waals surface area (Å²) in [7, 11) is 0. The zero-order valence-corrected chi connectivity index (χ0v) is 9.33. The predicted molar refractivity (Wildman–Crippen MR) is 62.1 cm³/mol. The van der Waals surface area contributed by atoms with Crippen LogP contribution >= 0.6 is 0 Å². The average Bonchev–Trinajstić information content (AvgIpc) is 2.56. The third kappa shape index (κ3) is 1.28. The Morgan fingerprint density at radius 3 is 3.13 bits per heavy atom. The van der Waals surface area contributed by atoms with Gasteiger partial charge in [0.15, 0.2) is 0 Å². The van der Waals surface area contributed by atoms with E-state index in [9.17, 15) is 0 Å². The van der Waals surface area contributed by atoms with Gasteiger partial charge in [-0.25, -0.2) is 4.98 Å². The van der Waals surface area contributed by atoms with Gasteiger partial charge < -0.3 is 4.57 Å². The van der Waals surface area contributed by atoms with E-state index in [1.54, 1.807) is 0 Å². The Labute approximate surface area is 89.9 Å². The van der Waals surface area contributed by atoms with Crippen molar-refractivity contribution < 1.29 is 0 Å². The van der Waals surface area contributed by atoms with Crippen molar-refractivity contribution in [3.63, 3.8) is 0 Å². The van der Waals surface area contributed by atoms with Crippen molar-refractivity contribution >= 4 is 11.0 Å². The summed E-state index contributed by atoms with van der Waals surface area (Å²) in [5.41, 5.74) is 3.77. The van der Waals surface area contributed by atoms with Gasteiger partial charge in [-0.2, -0.15) is 0 Å². The van der Waals surface area contributed by atoms with Crippen molar-refractivity contribution in [3.05, 3.63) is 29.6 Å². The van der Waals surface area contributed by atoms with E-state index in [-0.39, 0.29) is 0 Å². The van der Waals surface area contributed by atoms with Crippen molar-refractivity contribution in [2.24, 2.45) is 0 Å². The van der Waals surface area contributed by atoms with Gasteiger partial charge in [0.25, 0.3) is 0 Å². The maximum absolute atomic E-state index is 4.73. The number of aryl methyl sites for hydroxylation is 2. The van der Waals surface area contributed by atoms with Crippen LogP contribution in [-0.2, 0) is 6.42 Å². The lowest BCUT2D eigenvalue weighted by molar-refractivity contribution is 0.435. The molecule has 1 aromatic carbocycles. The maximum Gasteiger partial charge on any atom is 0.110 e. The number of imidazole rings is 1. The van der Waals surface area contributed by atoms with Crippen molar-refractivity contribution in [1.29, 1.82) is 0 Å². The molecular weight excluding hydrogens is 184 g/mol. The van der Waals surface area contributed by atoms with Gasteiger partial charge in [0.05, 0.1) is 11.0 Å². The van der Waals surface area contributed by atoms with E-state index in [1.807, 2.05) is 0 Å². The van der Waals surface area contributed by atoms with Gasteiger partial charge in [-0.3, -0.25) is 0 Å². The zero-order chi connectivity index (χ0) is 10.4. The van der Waals surface area contributed by atoms with Gasteiger partial charge in [-0.15, -0.1) is 0 Å². The Hall–Kier alpha value is -1.31. The van der Waals surface area contributed by atoms with Crippen LogP contribution in [0.2, 0.25) is 0 Å². The normalized spacial score (nSPS) is 20.5. The molecule has 0 aliphatic carbocycles. The fourth-order valence-corrected chi connectivity index (χ4v) is 2.61. The lowest BCUT2D eigenvalue weighted by atomic mass is 10.1. The molecule has 0 amide bonds. The summed E-state index contributed by atoms with van der Waals surface area (Å²) in [6.07, 6.45) is 3.70. The number of rotatable bonds is 0. The fourth-order valence-electron chi connectivity index (χ4n) is 2.61. The predicted octanol–water partition coefficient (Wildman–Crippen LogP) is 3.24. The second-order valence-corrected chi connectivity index (χ2v) is 4.63. The third-order valence-electron chi connectivity index (χ3n) is 3.38. The first-order valence-corrected chi connectivity index (χ1v) is 5.73. The molecule has 3 rings (SSSR count). The van der Waals surface area contributed by atoms with Crippen LogP contribution in [0.3, 0.4) is 0 Å². The smallest absolute Gasteiger partial charge is 0.110 e. The second kappa shape index (κ2) is 3.09. The van der Waals surface area contributed by atoms with E-state index < -0.39 is 0 Å². The summed E-state index contributed by atoms with van der Waals surface area (Å²) in [4.78, 5) is 4.73. The largest absolute Gasteiger partial charge is 0.325 e. The summed E-state index contributed by atoms with van der Waals surface area (Å²) in [5, 5.41) is 0. The standard InChI is InChI=1S/C13H16N2/c1-9-6-7-12-11(8-9)14-13-5-3-4-10(2)15(12)13/h6-8,10H,3-5H2,1-2H3/t10-/m0/s1. The first kappa shape index (κ1) is 8.96. The SMILES string of the molecule is Cc1ccc2c(c1)nc1n2[C@@H](C)CCC1. The Kier molecular flexibility index (Phi) is 1.84. The highest BCUT2D eigenvalue weighted by Gasteiger charge is 2.19. The van der Waals surface area contributed by atoms with E-state index >= 15 is 0 Å². The number of hydrogen-bond acceptors (Lipinski definition) is 1. The number of nitrogens with zero attached hydrogens (tertiary/aromatic N) is 2. The molecule has 15 heavy (non-hydrogen) atoms. The first-order valence-electron chi connectivity index (χ1n) is 5.73. The van der Waals surface area contributed by atoms with Crippen molar-refractivity contribution in [2.75, 3.05) is 0 Å². The highest BCUT2D eigenvalue weighted by atomic mass is 15.1. The van der Waals surface area contributed by atoms with Gasteiger partial charge >= 0.3 is 0 Å². The van der Waals surface area contributed by atoms with Crippen LogP contribution < -0.4 is 0 Å². The molecule has 1 aromatic heterocycles. The van der Waals surface area contributed by atoms with E-state index in [1.165, 1.54) is 35.3 Å². The van der Waals surface area contributed by atoms with E-state index in [0.717, 1.165) is 6.42 Å².